The van der Waals surface area contributed by atoms with Crippen molar-refractivity contribution in [2.24, 2.45) is 5.92 Å². The van der Waals surface area contributed by atoms with Gasteiger partial charge in [-0.2, -0.15) is 8.78 Å². The molecule has 1 amide bonds. The van der Waals surface area contributed by atoms with E-state index < -0.39 is 6.61 Å². The number of carbonyl (C=O) groups excluding carboxylic acids is 1. The van der Waals surface area contributed by atoms with E-state index in [4.69, 9.17) is 0 Å². The van der Waals surface area contributed by atoms with Crippen LogP contribution in [0.4, 0.5) is 13.2 Å². The highest BCUT2D eigenvalue weighted by Gasteiger charge is 2.48. The minimum Gasteiger partial charge on any atom is -0.435 e. The van der Waals surface area contributed by atoms with Crippen molar-refractivity contribution in [3.63, 3.8) is 0 Å². The molecule has 3 atom stereocenters. The summed E-state index contributed by atoms with van der Waals surface area (Å²) in [6.07, 6.45) is 0.599. The first-order chi connectivity index (χ1) is 13.5. The number of hydrogen-bond donors (Lipinski definition) is 1. The molecule has 0 bridgehead atoms. The van der Waals surface area contributed by atoms with E-state index in [0.29, 0.717) is 31.6 Å². The molecule has 2 aliphatic rings. The Labute approximate surface area is 173 Å². The Hall–Kier alpha value is -2.25. The molecule has 29 heavy (non-hydrogen) atoms. The van der Waals surface area contributed by atoms with Crippen LogP contribution in [0, 0.1) is 11.7 Å². The fourth-order valence-electron chi connectivity index (χ4n) is 3.99. The van der Waals surface area contributed by atoms with Crippen molar-refractivity contribution in [2.45, 2.75) is 25.0 Å². The molecule has 8 heteroatoms. The monoisotopic (exact) mass is 426 g/mol. The number of halogens is 4. The Balaban J connectivity index is 0.00000240. The summed E-state index contributed by atoms with van der Waals surface area (Å²) in [4.78, 5) is 14.9. The third-order valence-electron chi connectivity index (χ3n) is 5.40. The van der Waals surface area contributed by atoms with Crippen molar-refractivity contribution in [2.75, 3.05) is 19.6 Å². The zero-order valence-corrected chi connectivity index (χ0v) is 16.4. The average Bonchev–Trinajstić information content (AvgIpc) is 3.48. The van der Waals surface area contributed by atoms with Crippen molar-refractivity contribution in [1.29, 1.82) is 0 Å². The van der Waals surface area contributed by atoms with E-state index in [2.05, 4.69) is 10.1 Å². The Morgan fingerprint density at radius 2 is 1.97 bits per heavy atom. The van der Waals surface area contributed by atoms with Gasteiger partial charge in [0, 0.05) is 25.6 Å². The van der Waals surface area contributed by atoms with E-state index >= 15 is 0 Å². The van der Waals surface area contributed by atoms with E-state index in [1.54, 1.807) is 29.2 Å². The second-order valence-electron chi connectivity index (χ2n) is 7.17. The summed E-state index contributed by atoms with van der Waals surface area (Å²) in [5, 5.41) is 3.25. The maximum absolute atomic E-state index is 13.7. The summed E-state index contributed by atoms with van der Waals surface area (Å²) < 4.78 is 43.6. The fourth-order valence-corrected chi connectivity index (χ4v) is 3.99. The number of nitrogens with zero attached hydrogens (tertiary/aromatic N) is 1. The third-order valence-corrected chi connectivity index (χ3v) is 5.40. The highest BCUT2D eigenvalue weighted by molar-refractivity contribution is 5.85. The van der Waals surface area contributed by atoms with Gasteiger partial charge in [-0.3, -0.25) is 4.79 Å². The highest BCUT2D eigenvalue weighted by Crippen LogP contribution is 2.52. The van der Waals surface area contributed by atoms with Gasteiger partial charge in [-0.1, -0.05) is 30.3 Å². The van der Waals surface area contributed by atoms with E-state index in [-0.39, 0.29) is 47.8 Å². The van der Waals surface area contributed by atoms with Crippen LogP contribution in [-0.2, 0) is 4.79 Å². The molecule has 2 aromatic rings. The lowest BCUT2D eigenvalue weighted by Crippen LogP contribution is -2.49. The zero-order valence-electron chi connectivity index (χ0n) is 15.6. The normalized spacial score (nSPS) is 23.4. The number of nitrogens with one attached hydrogen (secondary N) is 1. The predicted molar refractivity (Wildman–Crippen MR) is 105 cm³/mol. The fraction of sp³-hybridized carbons (Fsp3) is 0.381. The summed E-state index contributed by atoms with van der Waals surface area (Å²) in [5.74, 6) is -0.632. The number of carbonyl (C=O) groups is 1. The first-order valence-electron chi connectivity index (χ1n) is 9.35. The number of hydrogen-bond acceptors (Lipinski definition) is 3. The average molecular weight is 427 g/mol. The van der Waals surface area contributed by atoms with E-state index in [9.17, 15) is 18.0 Å². The lowest BCUT2D eigenvalue weighted by Gasteiger charge is -2.37. The van der Waals surface area contributed by atoms with Crippen LogP contribution in [0.1, 0.15) is 29.5 Å². The first-order valence-corrected chi connectivity index (χ1v) is 9.35. The molecule has 1 aliphatic carbocycles. The molecule has 1 N–H and O–H groups in total. The van der Waals surface area contributed by atoms with Gasteiger partial charge in [-0.15, -0.1) is 12.4 Å². The molecule has 1 saturated carbocycles. The van der Waals surface area contributed by atoms with Crippen molar-refractivity contribution < 1.29 is 22.7 Å². The van der Waals surface area contributed by atoms with Gasteiger partial charge < -0.3 is 15.0 Å². The molecular formula is C21H22ClF3N2O2. The maximum Gasteiger partial charge on any atom is 0.387 e. The molecule has 1 aliphatic heterocycles. The number of ether oxygens (including phenoxy) is 1. The number of benzene rings is 2. The van der Waals surface area contributed by atoms with E-state index in [0.717, 1.165) is 5.56 Å². The molecule has 3 unspecified atom stereocenters. The molecule has 4 rings (SSSR count). The summed E-state index contributed by atoms with van der Waals surface area (Å²) in [6.45, 7) is -1.16. The number of alkyl halides is 2. The minimum absolute atomic E-state index is 0. The maximum atomic E-state index is 13.7. The SMILES string of the molecule is Cl.O=C(C1CC1c1ccccc1OC(F)F)N1CCNCC1c1cccc(F)c1. The Kier molecular flexibility index (Phi) is 6.70. The smallest absolute Gasteiger partial charge is 0.387 e. The van der Waals surface area contributed by atoms with Gasteiger partial charge in [0.1, 0.15) is 11.6 Å². The molecular weight excluding hydrogens is 405 g/mol. The van der Waals surface area contributed by atoms with Gasteiger partial charge in [0.25, 0.3) is 0 Å². The van der Waals surface area contributed by atoms with Gasteiger partial charge in [0.2, 0.25) is 5.91 Å². The highest BCUT2D eigenvalue weighted by atomic mass is 35.5. The molecule has 2 aromatic carbocycles. The molecule has 4 nitrogen and oxygen atoms in total. The van der Waals surface area contributed by atoms with Crippen molar-refractivity contribution >= 4 is 18.3 Å². The lowest BCUT2D eigenvalue weighted by atomic mass is 10.0. The quantitative estimate of drug-likeness (QED) is 0.781. The molecule has 1 saturated heterocycles. The van der Waals surface area contributed by atoms with E-state index in [1.165, 1.54) is 18.2 Å². The number of piperazine rings is 1. The summed E-state index contributed by atoms with van der Waals surface area (Å²) in [5.41, 5.74) is 1.39. The molecule has 0 spiro atoms. The Morgan fingerprint density at radius 3 is 2.72 bits per heavy atom. The van der Waals surface area contributed by atoms with Crippen LogP contribution in [0.5, 0.6) is 5.75 Å². The van der Waals surface area contributed by atoms with Gasteiger partial charge >= 0.3 is 6.61 Å². The Morgan fingerprint density at radius 1 is 1.17 bits per heavy atom. The van der Waals surface area contributed by atoms with Crippen molar-refractivity contribution in [3.8, 4) is 5.75 Å². The second-order valence-corrected chi connectivity index (χ2v) is 7.17. The first kappa shape index (κ1) is 21.5. The van der Waals surface area contributed by atoms with Crippen LogP contribution >= 0.6 is 12.4 Å². The number of amides is 1. The molecule has 156 valence electrons. The summed E-state index contributed by atoms with van der Waals surface area (Å²) in [6, 6.07) is 12.7. The van der Waals surface area contributed by atoms with Crippen molar-refractivity contribution in [3.05, 3.63) is 65.5 Å². The van der Waals surface area contributed by atoms with Crippen molar-refractivity contribution in [1.82, 2.24) is 10.2 Å². The summed E-state index contributed by atoms with van der Waals surface area (Å²) in [7, 11) is 0. The third kappa shape index (κ3) is 4.67. The van der Waals surface area contributed by atoms with Crippen LogP contribution in [-0.4, -0.2) is 37.1 Å². The second kappa shape index (κ2) is 9.05. The molecule has 2 fully saturated rings. The Bertz CT molecular complexity index is 867. The van der Waals surface area contributed by atoms with Crippen LogP contribution in [0.15, 0.2) is 48.5 Å². The number of rotatable bonds is 5. The zero-order chi connectivity index (χ0) is 19.7. The lowest BCUT2D eigenvalue weighted by molar-refractivity contribution is -0.136. The molecule has 1 heterocycles. The van der Waals surface area contributed by atoms with Crippen LogP contribution < -0.4 is 10.1 Å². The summed E-state index contributed by atoms with van der Waals surface area (Å²) >= 11 is 0. The van der Waals surface area contributed by atoms with Gasteiger partial charge in [-0.25, -0.2) is 4.39 Å². The topological polar surface area (TPSA) is 41.6 Å². The van der Waals surface area contributed by atoms with Crippen LogP contribution in [0.2, 0.25) is 0 Å². The van der Waals surface area contributed by atoms with Crippen LogP contribution in [0.3, 0.4) is 0 Å². The van der Waals surface area contributed by atoms with Gasteiger partial charge in [-0.05, 0) is 41.7 Å². The number of para-hydroxylation sites is 1. The van der Waals surface area contributed by atoms with Crippen LogP contribution in [0.25, 0.3) is 0 Å². The van der Waals surface area contributed by atoms with Gasteiger partial charge in [0.15, 0.2) is 0 Å². The predicted octanol–water partition coefficient (Wildman–Crippen LogP) is 4.13. The molecule has 0 aromatic heterocycles. The standard InChI is InChI=1S/C21H21F3N2O2.ClH/c22-14-5-3-4-13(10-14)18-12-25-8-9-26(18)20(27)17-11-16(17)15-6-1-2-7-19(15)28-21(23)24;/h1-7,10,16-18,21,25H,8-9,11-12H2;1H. The van der Waals surface area contributed by atoms with Gasteiger partial charge in [0.05, 0.1) is 6.04 Å². The van der Waals surface area contributed by atoms with E-state index in [1.807, 2.05) is 6.07 Å². The minimum atomic E-state index is -2.90. The largest absolute Gasteiger partial charge is 0.435 e. The molecule has 0 radical (unpaired) electrons.